The van der Waals surface area contributed by atoms with Crippen molar-refractivity contribution in [1.29, 1.82) is 0 Å². The first-order chi connectivity index (χ1) is 9.87. The summed E-state index contributed by atoms with van der Waals surface area (Å²) in [6.07, 6.45) is 1.97. The van der Waals surface area contributed by atoms with Crippen LogP contribution in [0.15, 0.2) is 6.33 Å². The van der Waals surface area contributed by atoms with Gasteiger partial charge in [-0.1, -0.05) is 0 Å². The molecule has 2 unspecified atom stereocenters. The van der Waals surface area contributed by atoms with Crippen LogP contribution in [0.25, 0.3) is 0 Å². The maximum absolute atomic E-state index is 11.8. The fourth-order valence-electron chi connectivity index (χ4n) is 2.62. The Morgan fingerprint density at radius 2 is 2.14 bits per heavy atom. The third-order valence-electron chi connectivity index (χ3n) is 3.91. The average Bonchev–Trinajstić information content (AvgIpc) is 2.79. The maximum atomic E-state index is 11.8. The van der Waals surface area contributed by atoms with Crippen molar-refractivity contribution in [2.24, 2.45) is 0 Å². The minimum Gasteiger partial charge on any atom is -0.357 e. The summed E-state index contributed by atoms with van der Waals surface area (Å²) >= 11 is 0. The Kier molecular flexibility index (Phi) is 3.23. The van der Waals surface area contributed by atoms with E-state index in [2.05, 4.69) is 20.6 Å². The molecule has 1 aromatic heterocycles. The van der Waals surface area contributed by atoms with Crippen molar-refractivity contribution in [2.75, 3.05) is 34.1 Å². The number of nitrogens with zero attached hydrogens (tertiary/aromatic N) is 3. The molecule has 8 nitrogen and oxygen atoms in total. The number of carbonyl (C=O) groups is 1. The fourth-order valence-corrected chi connectivity index (χ4v) is 4.40. The third kappa shape index (κ3) is 2.53. The van der Waals surface area contributed by atoms with Crippen LogP contribution in [0.2, 0.25) is 0 Å². The molecule has 1 saturated heterocycles. The minimum atomic E-state index is -2.98. The van der Waals surface area contributed by atoms with Gasteiger partial charge in [-0.2, -0.15) is 0 Å². The van der Waals surface area contributed by atoms with Crippen LogP contribution in [-0.4, -0.2) is 54.9 Å². The van der Waals surface area contributed by atoms with Crippen molar-refractivity contribution in [3.05, 3.63) is 6.33 Å². The smallest absolute Gasteiger partial charge is 0.246 e. The third-order valence-corrected chi connectivity index (χ3v) is 5.66. The summed E-state index contributed by atoms with van der Waals surface area (Å²) in [5.74, 6) is 1.23. The lowest BCUT2D eigenvalue weighted by molar-refractivity contribution is -0.116. The van der Waals surface area contributed by atoms with Gasteiger partial charge in [0, 0.05) is 13.1 Å². The number of amides is 1. The van der Waals surface area contributed by atoms with E-state index in [1.807, 2.05) is 4.90 Å². The molecule has 0 spiro atoms. The summed E-state index contributed by atoms with van der Waals surface area (Å²) in [5.41, 5.74) is 0.507. The molecule has 1 aromatic rings. The van der Waals surface area contributed by atoms with Gasteiger partial charge in [0.25, 0.3) is 0 Å². The Morgan fingerprint density at radius 3 is 2.81 bits per heavy atom. The summed E-state index contributed by atoms with van der Waals surface area (Å²) in [6, 6.07) is -0.498. The van der Waals surface area contributed by atoms with Crippen molar-refractivity contribution in [3.8, 4) is 0 Å². The van der Waals surface area contributed by atoms with Crippen LogP contribution < -0.4 is 15.5 Å². The lowest BCUT2D eigenvalue weighted by Gasteiger charge is -2.30. The molecule has 0 aromatic carbocycles. The zero-order valence-corrected chi connectivity index (χ0v) is 12.6. The number of aromatic nitrogens is 2. The summed E-state index contributed by atoms with van der Waals surface area (Å²) in [5, 5.41) is 5.79. The Morgan fingerprint density at radius 1 is 1.38 bits per heavy atom. The van der Waals surface area contributed by atoms with Crippen molar-refractivity contribution >= 4 is 33.1 Å². The van der Waals surface area contributed by atoms with Crippen molar-refractivity contribution in [2.45, 2.75) is 25.4 Å². The fraction of sp³-hybridized carbons (Fsp3) is 0.583. The molecule has 3 rings (SSSR count). The number of nitrogens with one attached hydrogen (secondary N) is 2. The highest BCUT2D eigenvalue weighted by Gasteiger charge is 2.34. The number of carbonyl (C=O) groups excluding carboxylic acids is 1. The van der Waals surface area contributed by atoms with Gasteiger partial charge in [-0.3, -0.25) is 4.79 Å². The second-order valence-corrected chi connectivity index (χ2v) is 7.67. The summed E-state index contributed by atoms with van der Waals surface area (Å²) < 4.78 is 23.2. The standard InChI is InChI=1S/C12H17N5O3S/c1-7-12(18)16-9-10(15-7)13-6-14-11(9)17(2)8-3-4-21(19,20)5-8/h6-8H,3-5H2,1-2H3,(H,16,18)(H,13,14,15). The van der Waals surface area contributed by atoms with E-state index < -0.39 is 9.84 Å². The number of hydrogen-bond acceptors (Lipinski definition) is 7. The van der Waals surface area contributed by atoms with Gasteiger partial charge < -0.3 is 15.5 Å². The first-order valence-corrected chi connectivity index (χ1v) is 8.55. The van der Waals surface area contributed by atoms with E-state index in [1.165, 1.54) is 6.33 Å². The molecule has 0 saturated carbocycles. The molecular weight excluding hydrogens is 294 g/mol. The maximum Gasteiger partial charge on any atom is 0.246 e. The monoisotopic (exact) mass is 311 g/mol. The van der Waals surface area contributed by atoms with Gasteiger partial charge in [-0.25, -0.2) is 18.4 Å². The van der Waals surface area contributed by atoms with E-state index in [9.17, 15) is 13.2 Å². The highest BCUT2D eigenvalue weighted by molar-refractivity contribution is 7.91. The molecule has 2 aliphatic rings. The normalized spacial score (nSPS) is 26.7. The second kappa shape index (κ2) is 4.83. The van der Waals surface area contributed by atoms with E-state index in [0.29, 0.717) is 23.7 Å². The van der Waals surface area contributed by atoms with Crippen LogP contribution >= 0.6 is 0 Å². The Hall–Kier alpha value is -1.90. The lowest BCUT2D eigenvalue weighted by atomic mass is 10.2. The van der Waals surface area contributed by atoms with Gasteiger partial charge >= 0.3 is 0 Å². The van der Waals surface area contributed by atoms with Gasteiger partial charge in [0.05, 0.1) is 11.5 Å². The molecule has 0 bridgehead atoms. The van der Waals surface area contributed by atoms with Gasteiger partial charge in [-0.05, 0) is 13.3 Å². The number of hydrogen-bond donors (Lipinski definition) is 2. The Bertz CT molecular complexity index is 690. The zero-order chi connectivity index (χ0) is 15.2. The zero-order valence-electron chi connectivity index (χ0n) is 11.8. The van der Waals surface area contributed by atoms with Crippen LogP contribution in [0.3, 0.4) is 0 Å². The topological polar surface area (TPSA) is 104 Å². The summed E-state index contributed by atoms with van der Waals surface area (Å²) in [4.78, 5) is 22.0. The van der Waals surface area contributed by atoms with Gasteiger partial charge in [0.15, 0.2) is 21.5 Å². The molecule has 9 heteroatoms. The molecule has 3 heterocycles. The lowest BCUT2D eigenvalue weighted by Crippen LogP contribution is -2.39. The molecule has 2 N–H and O–H groups in total. The van der Waals surface area contributed by atoms with E-state index in [1.54, 1.807) is 14.0 Å². The Labute approximate surface area is 122 Å². The molecule has 0 radical (unpaired) electrons. The predicted molar refractivity (Wildman–Crippen MR) is 79.2 cm³/mol. The first-order valence-electron chi connectivity index (χ1n) is 6.73. The van der Waals surface area contributed by atoms with E-state index in [-0.39, 0.29) is 29.5 Å². The molecule has 21 heavy (non-hydrogen) atoms. The molecule has 0 aliphatic carbocycles. The highest BCUT2D eigenvalue weighted by Crippen LogP contribution is 2.34. The first kappa shape index (κ1) is 14.1. The molecule has 114 valence electrons. The van der Waals surface area contributed by atoms with Crippen molar-refractivity contribution < 1.29 is 13.2 Å². The largest absolute Gasteiger partial charge is 0.357 e. The second-order valence-electron chi connectivity index (χ2n) is 5.44. The average molecular weight is 311 g/mol. The number of anilines is 3. The van der Waals surface area contributed by atoms with Gasteiger partial charge in [-0.15, -0.1) is 0 Å². The number of sulfone groups is 1. The number of rotatable bonds is 2. The van der Waals surface area contributed by atoms with E-state index in [0.717, 1.165) is 0 Å². The molecule has 2 atom stereocenters. The highest BCUT2D eigenvalue weighted by atomic mass is 32.2. The number of fused-ring (bicyclic) bond motifs is 1. The van der Waals surface area contributed by atoms with E-state index in [4.69, 9.17) is 0 Å². The predicted octanol–water partition coefficient (Wildman–Crippen LogP) is -0.148. The van der Waals surface area contributed by atoms with Crippen molar-refractivity contribution in [3.63, 3.8) is 0 Å². The van der Waals surface area contributed by atoms with Crippen LogP contribution in [0.4, 0.5) is 17.3 Å². The van der Waals surface area contributed by atoms with Crippen LogP contribution in [0, 0.1) is 0 Å². The SMILES string of the molecule is CC1Nc2ncnc(N(C)C3CCS(=O)(=O)C3)c2NC1=O. The van der Waals surface area contributed by atoms with Gasteiger partial charge in [0.2, 0.25) is 5.91 Å². The molecule has 2 aliphatic heterocycles. The van der Waals surface area contributed by atoms with Gasteiger partial charge in [0.1, 0.15) is 18.1 Å². The quantitative estimate of drug-likeness (QED) is 0.783. The summed E-state index contributed by atoms with van der Waals surface area (Å²) in [7, 11) is -1.19. The Balaban J connectivity index is 1.93. The van der Waals surface area contributed by atoms with Crippen LogP contribution in [0.1, 0.15) is 13.3 Å². The molecule has 1 fully saturated rings. The molecule has 1 amide bonds. The van der Waals surface area contributed by atoms with E-state index >= 15 is 0 Å². The molecular formula is C12H17N5O3S. The van der Waals surface area contributed by atoms with Crippen molar-refractivity contribution in [1.82, 2.24) is 9.97 Å². The van der Waals surface area contributed by atoms with Crippen LogP contribution in [0.5, 0.6) is 0 Å². The minimum absolute atomic E-state index is 0.111. The summed E-state index contributed by atoms with van der Waals surface area (Å²) in [6.45, 7) is 1.74. The van der Waals surface area contributed by atoms with Crippen LogP contribution in [-0.2, 0) is 14.6 Å².